The van der Waals surface area contributed by atoms with Gasteiger partial charge in [0.1, 0.15) is 11.5 Å². The zero-order chi connectivity index (χ0) is 22.0. The molecule has 4 aromatic rings. The molecule has 156 valence electrons. The molecule has 0 atom stereocenters. The Labute approximate surface area is 183 Å². The highest BCUT2D eigenvalue weighted by atomic mass is 79.9. The number of aryl methyl sites for hydroxylation is 1. The van der Waals surface area contributed by atoms with E-state index >= 15 is 0 Å². The molecule has 4 rings (SSSR count). The number of nitrogens with zero attached hydrogens (tertiary/aromatic N) is 4. The van der Waals surface area contributed by atoms with Gasteiger partial charge in [-0.05, 0) is 81.8 Å². The fourth-order valence-electron chi connectivity index (χ4n) is 2.78. The normalized spacial score (nSPS) is 10.7. The summed E-state index contributed by atoms with van der Waals surface area (Å²) in [4.78, 5) is 24.9. The minimum Gasteiger partial charge on any atom is -0.444 e. The summed E-state index contributed by atoms with van der Waals surface area (Å²) in [7, 11) is 0. The van der Waals surface area contributed by atoms with Gasteiger partial charge in [-0.25, -0.2) is 4.39 Å². The van der Waals surface area contributed by atoms with Gasteiger partial charge in [-0.2, -0.15) is 4.68 Å². The predicted octanol–water partition coefficient (Wildman–Crippen LogP) is 3.97. The number of halogens is 2. The highest BCUT2D eigenvalue weighted by Crippen LogP contribution is 2.21. The highest BCUT2D eigenvalue weighted by molar-refractivity contribution is 9.10. The molecule has 0 saturated carbocycles. The number of anilines is 2. The van der Waals surface area contributed by atoms with Gasteiger partial charge in [0.15, 0.2) is 16.3 Å². The third-order valence-corrected chi connectivity index (χ3v) is 4.66. The number of tetrazole rings is 1. The van der Waals surface area contributed by atoms with E-state index in [1.807, 2.05) is 0 Å². The Morgan fingerprint density at radius 2 is 1.81 bits per heavy atom. The van der Waals surface area contributed by atoms with Crippen LogP contribution in [-0.4, -0.2) is 32.0 Å². The first kappa shape index (κ1) is 20.4. The van der Waals surface area contributed by atoms with Crippen molar-refractivity contribution in [1.29, 1.82) is 0 Å². The number of hydrogen-bond acceptors (Lipinski definition) is 6. The third-order valence-electron chi connectivity index (χ3n) is 4.24. The average molecular weight is 485 g/mol. The molecule has 2 heterocycles. The standard InChI is InChI=1S/C20H14BrFN6O3/c1-11-25-26-27-28(11)16-10-14(5-6-15(16)22)23-19(29)12-3-2-4-13(9-12)24-20(30)17-7-8-18(21)31-17/h2-10H,1H3,(H,23,29)(H,24,30). The Kier molecular flexibility index (Phi) is 5.58. The van der Waals surface area contributed by atoms with E-state index in [2.05, 4.69) is 42.1 Å². The number of carbonyl (C=O) groups is 2. The zero-order valence-electron chi connectivity index (χ0n) is 16.0. The lowest BCUT2D eigenvalue weighted by molar-refractivity contribution is 0.0992. The predicted molar refractivity (Wildman–Crippen MR) is 113 cm³/mol. The maximum absolute atomic E-state index is 14.2. The second kappa shape index (κ2) is 8.48. The molecule has 0 unspecified atom stereocenters. The summed E-state index contributed by atoms with van der Waals surface area (Å²) in [5, 5.41) is 16.3. The molecule has 0 saturated heterocycles. The number of benzene rings is 2. The second-order valence-corrected chi connectivity index (χ2v) is 7.18. The van der Waals surface area contributed by atoms with Gasteiger partial charge in [-0.3, -0.25) is 9.59 Å². The van der Waals surface area contributed by atoms with Crippen LogP contribution in [0.25, 0.3) is 5.69 Å². The number of carbonyl (C=O) groups excluding carboxylic acids is 2. The Balaban J connectivity index is 1.51. The molecular formula is C20H14BrFN6O3. The number of furan rings is 1. The number of amides is 2. The van der Waals surface area contributed by atoms with Gasteiger partial charge in [0.25, 0.3) is 11.8 Å². The minimum absolute atomic E-state index is 0.103. The van der Waals surface area contributed by atoms with Crippen LogP contribution in [0.4, 0.5) is 15.8 Å². The van der Waals surface area contributed by atoms with Crippen LogP contribution >= 0.6 is 15.9 Å². The molecule has 0 fully saturated rings. The summed E-state index contributed by atoms with van der Waals surface area (Å²) in [5.74, 6) is -0.915. The van der Waals surface area contributed by atoms with Gasteiger partial charge in [0.2, 0.25) is 0 Å². The largest absolute Gasteiger partial charge is 0.444 e. The molecular weight excluding hydrogens is 471 g/mol. The quantitative estimate of drug-likeness (QED) is 0.442. The summed E-state index contributed by atoms with van der Waals surface area (Å²) in [5.41, 5.74) is 1.16. The first-order valence-corrected chi connectivity index (χ1v) is 9.73. The lowest BCUT2D eigenvalue weighted by Gasteiger charge is -2.10. The van der Waals surface area contributed by atoms with Crippen molar-refractivity contribution in [2.24, 2.45) is 0 Å². The smallest absolute Gasteiger partial charge is 0.291 e. The van der Waals surface area contributed by atoms with E-state index in [-0.39, 0.29) is 11.4 Å². The van der Waals surface area contributed by atoms with Crippen LogP contribution in [0.15, 0.2) is 63.7 Å². The summed E-state index contributed by atoms with van der Waals surface area (Å²) in [6.07, 6.45) is 0. The van der Waals surface area contributed by atoms with Crippen LogP contribution in [0.2, 0.25) is 0 Å². The van der Waals surface area contributed by atoms with Crippen molar-refractivity contribution in [3.63, 3.8) is 0 Å². The molecule has 11 heteroatoms. The summed E-state index contributed by atoms with van der Waals surface area (Å²) >= 11 is 3.14. The van der Waals surface area contributed by atoms with Crippen LogP contribution in [0.1, 0.15) is 26.7 Å². The molecule has 0 spiro atoms. The van der Waals surface area contributed by atoms with E-state index in [1.54, 1.807) is 31.2 Å². The molecule has 2 aromatic carbocycles. The lowest BCUT2D eigenvalue weighted by Crippen LogP contribution is -2.14. The Morgan fingerprint density at radius 3 is 2.52 bits per heavy atom. The van der Waals surface area contributed by atoms with Crippen molar-refractivity contribution in [2.45, 2.75) is 6.92 Å². The van der Waals surface area contributed by atoms with Crippen molar-refractivity contribution in [2.75, 3.05) is 10.6 Å². The van der Waals surface area contributed by atoms with Crippen LogP contribution in [0.5, 0.6) is 0 Å². The van der Waals surface area contributed by atoms with Crippen molar-refractivity contribution in [3.8, 4) is 5.69 Å². The van der Waals surface area contributed by atoms with Crippen LogP contribution in [0, 0.1) is 12.7 Å². The first-order chi connectivity index (χ1) is 14.9. The molecule has 2 amide bonds. The fourth-order valence-corrected chi connectivity index (χ4v) is 3.08. The molecule has 0 aliphatic heterocycles. The number of nitrogens with one attached hydrogen (secondary N) is 2. The molecule has 9 nitrogen and oxygen atoms in total. The summed E-state index contributed by atoms with van der Waals surface area (Å²) in [6, 6.07) is 13.6. The molecule has 0 aliphatic rings. The van der Waals surface area contributed by atoms with Gasteiger partial charge in [-0.15, -0.1) is 5.10 Å². The number of aromatic nitrogens is 4. The zero-order valence-corrected chi connectivity index (χ0v) is 17.6. The van der Waals surface area contributed by atoms with Gasteiger partial charge >= 0.3 is 0 Å². The van der Waals surface area contributed by atoms with Crippen molar-refractivity contribution in [1.82, 2.24) is 20.2 Å². The SMILES string of the molecule is Cc1nnnn1-c1cc(NC(=O)c2cccc(NC(=O)c3ccc(Br)o3)c2)ccc1F. The molecule has 0 aliphatic carbocycles. The van der Waals surface area contributed by atoms with Gasteiger partial charge < -0.3 is 15.1 Å². The van der Waals surface area contributed by atoms with E-state index in [0.717, 1.165) is 0 Å². The van der Waals surface area contributed by atoms with E-state index in [4.69, 9.17) is 4.42 Å². The molecule has 0 bridgehead atoms. The fraction of sp³-hybridized carbons (Fsp3) is 0.0500. The van der Waals surface area contributed by atoms with E-state index < -0.39 is 17.6 Å². The number of hydrogen-bond donors (Lipinski definition) is 2. The van der Waals surface area contributed by atoms with Crippen LogP contribution < -0.4 is 10.6 Å². The average Bonchev–Trinajstić information content (AvgIpc) is 3.38. The maximum atomic E-state index is 14.2. The third kappa shape index (κ3) is 4.51. The van der Waals surface area contributed by atoms with E-state index in [0.29, 0.717) is 27.4 Å². The Bertz CT molecular complexity index is 1290. The van der Waals surface area contributed by atoms with Crippen LogP contribution in [-0.2, 0) is 0 Å². The highest BCUT2D eigenvalue weighted by Gasteiger charge is 2.14. The second-order valence-electron chi connectivity index (χ2n) is 6.40. The Hall–Kier alpha value is -3.86. The maximum Gasteiger partial charge on any atom is 0.291 e. The first-order valence-electron chi connectivity index (χ1n) is 8.94. The van der Waals surface area contributed by atoms with Gasteiger partial charge in [0, 0.05) is 16.9 Å². The minimum atomic E-state index is -0.539. The molecule has 31 heavy (non-hydrogen) atoms. The lowest BCUT2D eigenvalue weighted by atomic mass is 10.1. The van der Waals surface area contributed by atoms with Crippen LogP contribution in [0.3, 0.4) is 0 Å². The molecule has 2 aromatic heterocycles. The topological polar surface area (TPSA) is 115 Å². The monoisotopic (exact) mass is 484 g/mol. The summed E-state index contributed by atoms with van der Waals surface area (Å²) < 4.78 is 21.1. The van der Waals surface area contributed by atoms with E-state index in [1.165, 1.54) is 35.0 Å². The van der Waals surface area contributed by atoms with Gasteiger partial charge in [0.05, 0.1) is 0 Å². The van der Waals surface area contributed by atoms with Crippen molar-refractivity contribution < 1.29 is 18.4 Å². The number of rotatable bonds is 5. The van der Waals surface area contributed by atoms with Crippen molar-refractivity contribution >= 4 is 39.1 Å². The Morgan fingerprint density at radius 1 is 1.03 bits per heavy atom. The molecule has 2 N–H and O–H groups in total. The van der Waals surface area contributed by atoms with E-state index in [9.17, 15) is 14.0 Å². The molecule has 0 radical (unpaired) electrons. The van der Waals surface area contributed by atoms with Gasteiger partial charge in [-0.1, -0.05) is 6.07 Å². The van der Waals surface area contributed by atoms with Crippen molar-refractivity contribution in [3.05, 3.63) is 82.2 Å². The summed E-state index contributed by atoms with van der Waals surface area (Å²) in [6.45, 7) is 1.63.